The predicted molar refractivity (Wildman–Crippen MR) is 602 cm³/mol. The van der Waals surface area contributed by atoms with E-state index in [2.05, 4.69) is 111 Å². The normalized spacial score (nSPS) is 32.4. The number of sulfonamides is 1. The molecule has 12 aliphatic rings. The van der Waals surface area contributed by atoms with E-state index in [1.54, 1.807) is 55.7 Å². The monoisotopic (exact) mass is 2140 g/mol. The van der Waals surface area contributed by atoms with E-state index in [4.69, 9.17) is 54.0 Å². The molecule has 20 atom stereocenters. The Hall–Kier alpha value is -10.9. The number of benzene rings is 6. The summed E-state index contributed by atoms with van der Waals surface area (Å²) < 4.78 is 82.5. The van der Waals surface area contributed by atoms with Crippen LogP contribution in [0.5, 0.6) is 17.2 Å². The summed E-state index contributed by atoms with van der Waals surface area (Å²) in [5.74, 6) is 21.4. The van der Waals surface area contributed by atoms with Gasteiger partial charge in [0.15, 0.2) is 0 Å². The van der Waals surface area contributed by atoms with E-state index in [1.807, 2.05) is 169 Å². The third kappa shape index (κ3) is 22.7. The average Bonchev–Trinajstić information content (AvgIpc) is 1.76. The molecule has 6 N–H and O–H groups in total. The molecule has 28 heteroatoms. The van der Waals surface area contributed by atoms with Gasteiger partial charge in [-0.05, 0) is 363 Å². The minimum Gasteiger partial charge on any atom is -0.490 e. The summed E-state index contributed by atoms with van der Waals surface area (Å²) in [4.78, 5) is 61.6. The van der Waals surface area contributed by atoms with E-state index >= 15 is 0 Å². The van der Waals surface area contributed by atoms with E-state index in [-0.39, 0.29) is 75.1 Å². The molecule has 6 aromatic carbocycles. The minimum absolute atomic E-state index is 0.0610. The van der Waals surface area contributed by atoms with Gasteiger partial charge in [0.1, 0.15) is 34.1 Å². The molecule has 9 aromatic rings. The Morgan fingerprint density at radius 2 is 0.813 bits per heavy atom. The molecule has 3 amide bonds. The second-order valence-corrected chi connectivity index (χ2v) is 53.0. The fourth-order valence-corrected chi connectivity index (χ4v) is 30.0. The van der Waals surface area contributed by atoms with Crippen LogP contribution < -0.4 is 43.1 Å². The zero-order chi connectivity index (χ0) is 105. The highest BCUT2D eigenvalue weighted by Gasteiger charge is 2.54. The van der Waals surface area contributed by atoms with E-state index in [9.17, 15) is 46.5 Å². The van der Waals surface area contributed by atoms with Gasteiger partial charge in [0.25, 0.3) is 17.7 Å². The Balaban J connectivity index is 0.000000141. The van der Waals surface area contributed by atoms with Crippen molar-refractivity contribution in [2.75, 3.05) is 73.8 Å². The number of pyridine rings is 3. The highest BCUT2D eigenvalue weighted by molar-refractivity contribution is 7.99. The maximum absolute atomic E-state index is 13.9. The maximum Gasteiger partial charge on any atom is 0.264 e. The Labute approximate surface area is 900 Å². The SMILES string of the molecule is C=S1(=O)NC(=O)c2ccc3c(c2)N(C[C@@H]2CC[C@H]2[C@@](O)(C#CCCc2ccccn2)/C=C/C[C@H](C)[C@H]1C)C[C@@]1(CCCc2cc(Cl)ccc21)CO3.C=S1(=O)NC(=O)c2ccc3c(c2)N(C[C@@H]2CC[C@H]2[C@](O)(c2ccc(C)cn2)/C=C/C[C@H](C)[C@H]1C)C[C@@]1(CCCc2cc(Cl)ccc21)CO3.C[C@@H]1[C@@H](C)C/C=C/[C@@](O)(C#CCCc2ccccn2)[C@@H]2CC[C@H]2CN2C[C@@]3(CCCc4cc(Cl)ccc43)COc3ccc(cc32)C(=O)NS1(=O)=O. The number of aryl methyl sites for hydroxylation is 6. The van der Waals surface area contributed by atoms with Gasteiger partial charge in [0, 0.05) is 171 Å². The first-order valence-electron chi connectivity index (χ1n) is 53.6. The molecular formula is C122H140Cl3N9O13S3. The number of aromatic nitrogens is 3. The molecule has 3 spiro atoms. The van der Waals surface area contributed by atoms with Crippen LogP contribution in [0.15, 0.2) is 213 Å². The van der Waals surface area contributed by atoms with Crippen LogP contribution in [0.4, 0.5) is 17.1 Å². The number of ether oxygens (including phenoxy) is 3. The summed E-state index contributed by atoms with van der Waals surface area (Å²) in [5, 5.41) is 37.9. The summed E-state index contributed by atoms with van der Waals surface area (Å²) in [5.41, 5.74) is 9.75. The highest BCUT2D eigenvalue weighted by Crippen LogP contribution is 2.55. The van der Waals surface area contributed by atoms with Gasteiger partial charge in [-0.3, -0.25) is 38.8 Å². The van der Waals surface area contributed by atoms with Crippen LogP contribution in [0, 0.1) is 83.9 Å². The zero-order valence-electron chi connectivity index (χ0n) is 86.9. The van der Waals surface area contributed by atoms with Crippen molar-refractivity contribution >= 4 is 111 Å². The number of nitrogens with one attached hydrogen (secondary N) is 3. The van der Waals surface area contributed by atoms with Crippen LogP contribution in [-0.4, -0.2) is 163 Å². The third-order valence-corrected chi connectivity index (χ3v) is 42.1. The Morgan fingerprint density at radius 3 is 1.17 bits per heavy atom. The topological polar surface area (TPSA) is 292 Å². The summed E-state index contributed by atoms with van der Waals surface area (Å²) in [6.45, 7) is 18.7. The Kier molecular flexibility index (Phi) is 31.7. The van der Waals surface area contributed by atoms with Gasteiger partial charge in [-0.25, -0.2) is 21.6 Å². The highest BCUT2D eigenvalue weighted by atomic mass is 35.5. The lowest BCUT2D eigenvalue weighted by molar-refractivity contribution is -0.0529. The van der Waals surface area contributed by atoms with Crippen molar-refractivity contribution in [3.8, 4) is 40.9 Å². The Bertz CT molecular complexity index is 6890. The van der Waals surface area contributed by atoms with Crippen LogP contribution >= 0.6 is 34.8 Å². The summed E-state index contributed by atoms with van der Waals surface area (Å²) in [6, 6.07) is 50.4. The van der Waals surface area contributed by atoms with Gasteiger partial charge in [0.05, 0.1) is 67.2 Å². The van der Waals surface area contributed by atoms with Crippen molar-refractivity contribution in [3.05, 3.63) is 301 Å². The van der Waals surface area contributed by atoms with Crippen molar-refractivity contribution in [2.24, 2.45) is 53.3 Å². The van der Waals surface area contributed by atoms with Crippen LogP contribution in [-0.2, 0) is 83.4 Å². The number of rotatable bonds is 5. The summed E-state index contributed by atoms with van der Waals surface area (Å²) in [6.07, 6.45) is 35.1. The minimum atomic E-state index is -4.00. The van der Waals surface area contributed by atoms with Gasteiger partial charge in [-0.2, -0.15) is 0 Å². The maximum atomic E-state index is 13.9. The van der Waals surface area contributed by atoms with Crippen LogP contribution in [0.3, 0.4) is 0 Å². The number of carbonyl (C=O) groups is 3. The molecule has 150 heavy (non-hydrogen) atoms. The Morgan fingerprint density at radius 1 is 0.440 bits per heavy atom. The molecular weight excluding hydrogens is 2000 g/mol. The van der Waals surface area contributed by atoms with Crippen LogP contribution in [0.1, 0.15) is 238 Å². The number of hydrogen-bond donors (Lipinski definition) is 6. The van der Waals surface area contributed by atoms with Crippen molar-refractivity contribution < 1.29 is 60.7 Å². The van der Waals surface area contributed by atoms with Gasteiger partial charge < -0.3 is 44.2 Å². The third-order valence-electron chi connectivity index (χ3n) is 35.1. The molecule has 22 nitrogen and oxygen atoms in total. The second kappa shape index (κ2) is 44.3. The lowest BCUT2D eigenvalue weighted by Gasteiger charge is -2.49. The second-order valence-electron chi connectivity index (χ2n) is 44.9. The van der Waals surface area contributed by atoms with Crippen molar-refractivity contribution in [3.63, 3.8) is 0 Å². The molecule has 6 bridgehead atoms. The molecule has 21 rings (SSSR count). The molecule has 3 saturated carbocycles. The zero-order valence-corrected chi connectivity index (χ0v) is 91.7. The molecule has 6 aliphatic heterocycles. The molecule has 790 valence electrons. The molecule has 0 saturated heterocycles. The van der Waals surface area contributed by atoms with E-state index in [0.717, 1.165) is 140 Å². The lowest BCUT2D eigenvalue weighted by atomic mass is 9.63. The van der Waals surface area contributed by atoms with Crippen molar-refractivity contribution in [2.45, 2.75) is 239 Å². The van der Waals surface area contributed by atoms with Crippen LogP contribution in [0.2, 0.25) is 15.1 Å². The first-order chi connectivity index (χ1) is 71.8. The fourth-order valence-electron chi connectivity index (χ4n) is 25.1. The quantitative estimate of drug-likeness (QED) is 0.0530. The number of carbonyl (C=O) groups excluding carboxylic acids is 3. The number of nitrogens with zero attached hydrogens (tertiary/aromatic N) is 6. The van der Waals surface area contributed by atoms with Gasteiger partial charge >= 0.3 is 0 Å². The number of hydrogen-bond acceptors (Lipinski definition) is 19. The molecule has 3 fully saturated rings. The fraction of sp³-hybridized carbons (Fsp3) is 0.459. The molecule has 6 aliphatic carbocycles. The first-order valence-corrected chi connectivity index (χ1v) is 59.8. The number of aliphatic hydroxyl groups is 3. The van der Waals surface area contributed by atoms with Crippen molar-refractivity contribution in [1.29, 1.82) is 0 Å². The van der Waals surface area contributed by atoms with Gasteiger partial charge in [0.2, 0.25) is 10.0 Å². The van der Waals surface area contributed by atoms with Gasteiger partial charge in [-0.1, -0.05) is 140 Å². The number of allylic oxidation sites excluding steroid dienone is 3. The lowest BCUT2D eigenvalue weighted by Crippen LogP contribution is -2.52. The molecule has 3 aromatic heterocycles. The average molecular weight is 2140 g/mol. The number of halogens is 3. The molecule has 9 heterocycles. The van der Waals surface area contributed by atoms with E-state index < -0.39 is 79.7 Å². The predicted octanol–water partition coefficient (Wildman–Crippen LogP) is 20.4. The number of fused-ring (bicyclic) bond motifs is 12. The van der Waals surface area contributed by atoms with E-state index in [1.165, 1.54) is 33.4 Å². The summed E-state index contributed by atoms with van der Waals surface area (Å²) >= 11 is 19.4. The smallest absolute Gasteiger partial charge is 0.264 e. The first kappa shape index (κ1) is 107. The van der Waals surface area contributed by atoms with Crippen LogP contribution in [0.25, 0.3) is 0 Å². The van der Waals surface area contributed by atoms with E-state index in [0.29, 0.717) is 143 Å². The largest absolute Gasteiger partial charge is 0.490 e. The van der Waals surface area contributed by atoms with Gasteiger partial charge in [-0.15, -0.1) is 0 Å². The standard InChI is InChI=1S/C42H48ClN3O4S.C41H46ClN3O5S.C39H46ClN3O4S/c1-29-10-8-22-42(48,21-6-4-12-35-13-5-7-23-44-35)37-17-14-33(37)26-46-27-41(20-9-11-31-24-34(43)16-18-36(31)41)28-50-39-19-15-32(25-38(39)46)40(47)45-51(3,49)30(29)2;1-28-9-7-21-41(47,20-5-3-11-34-12-4-6-22-43-34)36-16-13-32(36)25-45-26-40(19-8-10-30-23-33(42)15-17-35(30)40)27-50-38-18-14-31(24-37(38)45)39(46)44-51(48,49)29(28)2;1-25-9-16-36(41-21-25)39(45)18-5-7-26(2)27(3)48(4,46)42-37(44)29-11-15-35-34(20-29)43(22-30-10-13-33(30)39)23-38(24-47-35)17-6-8-28-19-31(40)12-14-32(28)38/h5,7-8,13,15-16,18-19,22-25,29-30,33,37,48H,3-4,9-12,14,17,20,26-28H2,1-2H3,(H,45,47,49);4,6-7,12,14-15,17-18,21-24,28-29,32,36,47H,3,8-11,13,16,19,25-27H2,1-2H3,(H,44,46);5,9,11-12,14-16,18-21,26-27,30,33,45H,4,6-8,10,13,17,22-24H2,1-3H3,(H,42,44,46)/b22-8+;21-7+;18-5+/t29-,30+,33-,37+,41-,42+,51?;28-,29+,32-,36+,40-,41-;26-,27+,30-,33+,38-,39-,48?/m000/s1. The molecule has 2 unspecified atom stereocenters. The number of anilines is 3. The summed E-state index contributed by atoms with van der Waals surface area (Å²) in [7, 11) is -10.0. The van der Waals surface area contributed by atoms with Crippen molar-refractivity contribution in [1.82, 2.24) is 29.1 Å². The number of amides is 3. The molecule has 0 radical (unpaired) electrons.